The van der Waals surface area contributed by atoms with E-state index in [4.69, 9.17) is 16.3 Å². The second-order valence-electron chi connectivity index (χ2n) is 5.91. The quantitative estimate of drug-likeness (QED) is 0.829. The number of benzene rings is 1. The molecular formula is C16H20ClFN2O5S. The number of hydrogen-bond acceptors (Lipinski definition) is 5. The highest BCUT2D eigenvalue weighted by molar-refractivity contribution is 7.85. The fourth-order valence-electron chi connectivity index (χ4n) is 2.44. The van der Waals surface area contributed by atoms with Gasteiger partial charge in [-0.05, 0) is 19.9 Å². The zero-order valence-corrected chi connectivity index (χ0v) is 16.2. The van der Waals surface area contributed by atoms with Gasteiger partial charge in [0.05, 0.1) is 29.7 Å². The van der Waals surface area contributed by atoms with Gasteiger partial charge in [-0.15, -0.1) is 0 Å². The molecule has 10 heteroatoms. The molecule has 1 aliphatic rings. The zero-order valence-electron chi connectivity index (χ0n) is 14.6. The molecule has 0 radical (unpaired) electrons. The number of carbonyl (C=O) groups is 2. The lowest BCUT2D eigenvalue weighted by Gasteiger charge is -2.32. The van der Waals surface area contributed by atoms with Crippen molar-refractivity contribution < 1.29 is 27.7 Å². The van der Waals surface area contributed by atoms with Gasteiger partial charge < -0.3 is 14.8 Å². The first-order valence-corrected chi connectivity index (χ1v) is 9.75. The lowest BCUT2D eigenvalue weighted by atomic mass is 10.2. The number of hydrogen-bond donors (Lipinski definition) is 1. The number of nitrogens with zero attached hydrogens (tertiary/aromatic N) is 1. The maximum atomic E-state index is 14.2. The molecule has 0 aromatic heterocycles. The van der Waals surface area contributed by atoms with Crippen LogP contribution in [0.3, 0.4) is 0 Å². The highest BCUT2D eigenvalue weighted by Crippen LogP contribution is 2.31. The van der Waals surface area contributed by atoms with Crippen molar-refractivity contribution in [2.24, 2.45) is 0 Å². The summed E-state index contributed by atoms with van der Waals surface area (Å²) in [7, 11) is -0.0674. The first kappa shape index (κ1) is 20.4. The Bertz CT molecular complexity index is 731. The third-order valence-electron chi connectivity index (χ3n) is 3.63. The Morgan fingerprint density at radius 2 is 2.12 bits per heavy atom. The van der Waals surface area contributed by atoms with Crippen molar-refractivity contribution in [3.8, 4) is 5.75 Å². The number of rotatable bonds is 4. The van der Waals surface area contributed by atoms with Crippen molar-refractivity contribution in [3.63, 3.8) is 0 Å². The standard InChI is InChI=1S/C16H20ClFN2O5S/c1-9(2)25-14-7-12(11(18)6-10(14)17)19-15(21)13-8-26(23)5-4-20(13)16(22)24-3/h6-7,9,13H,4-5,8H2,1-3H3,(H,19,21). The molecule has 0 aliphatic carbocycles. The molecule has 2 atom stereocenters. The van der Waals surface area contributed by atoms with Crippen LogP contribution < -0.4 is 10.1 Å². The topological polar surface area (TPSA) is 84.9 Å². The van der Waals surface area contributed by atoms with E-state index in [0.717, 1.165) is 6.07 Å². The van der Waals surface area contributed by atoms with Gasteiger partial charge in [-0.3, -0.25) is 13.9 Å². The predicted octanol–water partition coefficient (Wildman–Crippen LogP) is 2.40. The van der Waals surface area contributed by atoms with Crippen molar-refractivity contribution in [2.45, 2.75) is 26.0 Å². The van der Waals surface area contributed by atoms with E-state index in [9.17, 15) is 18.2 Å². The average molecular weight is 407 g/mol. The van der Waals surface area contributed by atoms with Gasteiger partial charge in [0.2, 0.25) is 5.91 Å². The number of methoxy groups -OCH3 is 1. The van der Waals surface area contributed by atoms with E-state index >= 15 is 0 Å². The molecule has 1 heterocycles. The second kappa shape index (κ2) is 8.68. The third-order valence-corrected chi connectivity index (χ3v) is 5.25. The fourth-order valence-corrected chi connectivity index (χ4v) is 3.89. The van der Waals surface area contributed by atoms with Gasteiger partial charge in [0, 0.05) is 29.2 Å². The van der Waals surface area contributed by atoms with E-state index in [0.29, 0.717) is 0 Å². The Kier molecular flexibility index (Phi) is 6.82. The van der Waals surface area contributed by atoms with Crippen molar-refractivity contribution in [2.75, 3.05) is 30.5 Å². The summed E-state index contributed by atoms with van der Waals surface area (Å²) >= 11 is 5.95. The van der Waals surface area contributed by atoms with Crippen LogP contribution in [0.4, 0.5) is 14.9 Å². The predicted molar refractivity (Wildman–Crippen MR) is 96.6 cm³/mol. The van der Waals surface area contributed by atoms with Gasteiger partial charge in [-0.25, -0.2) is 9.18 Å². The van der Waals surface area contributed by atoms with Gasteiger partial charge >= 0.3 is 6.09 Å². The molecule has 144 valence electrons. The van der Waals surface area contributed by atoms with Crippen LogP contribution in [-0.4, -0.2) is 58.4 Å². The lowest BCUT2D eigenvalue weighted by molar-refractivity contribution is -0.120. The molecule has 1 aromatic rings. The Hall–Kier alpha value is -1.87. The van der Waals surface area contributed by atoms with E-state index in [1.165, 1.54) is 18.1 Å². The van der Waals surface area contributed by atoms with Gasteiger partial charge in [-0.1, -0.05) is 11.6 Å². The van der Waals surface area contributed by atoms with Gasteiger partial charge in [0.1, 0.15) is 17.6 Å². The smallest absolute Gasteiger partial charge is 0.410 e. The number of carbonyl (C=O) groups excluding carboxylic acids is 2. The third kappa shape index (κ3) is 4.85. The first-order chi connectivity index (χ1) is 12.2. The minimum atomic E-state index is -1.26. The van der Waals surface area contributed by atoms with E-state index in [1.54, 1.807) is 13.8 Å². The molecule has 2 rings (SSSR count). The average Bonchev–Trinajstić information content (AvgIpc) is 2.57. The summed E-state index contributed by atoms with van der Waals surface area (Å²) in [6.45, 7) is 3.68. The van der Waals surface area contributed by atoms with Gasteiger partial charge in [0.25, 0.3) is 0 Å². The zero-order chi connectivity index (χ0) is 19.4. The molecule has 0 spiro atoms. The van der Waals surface area contributed by atoms with E-state index in [-0.39, 0.29) is 40.6 Å². The number of nitrogens with one attached hydrogen (secondary N) is 1. The normalized spacial score (nSPS) is 20.0. The van der Waals surface area contributed by atoms with Gasteiger partial charge in [0.15, 0.2) is 0 Å². The molecule has 1 fully saturated rings. The molecule has 1 aromatic carbocycles. The summed E-state index contributed by atoms with van der Waals surface area (Å²) in [5, 5.41) is 2.49. The summed E-state index contributed by atoms with van der Waals surface area (Å²) in [6, 6.07) is 1.28. The number of anilines is 1. The van der Waals surface area contributed by atoms with Crippen LogP contribution >= 0.6 is 11.6 Å². The van der Waals surface area contributed by atoms with Crippen molar-refractivity contribution >= 4 is 40.1 Å². The highest BCUT2D eigenvalue weighted by Gasteiger charge is 2.36. The molecule has 2 amide bonds. The van der Waals surface area contributed by atoms with Gasteiger partial charge in [-0.2, -0.15) is 0 Å². The lowest BCUT2D eigenvalue weighted by Crippen LogP contribution is -2.55. The van der Waals surface area contributed by atoms with Crippen LogP contribution in [-0.2, 0) is 20.3 Å². The number of halogens is 2. The molecule has 26 heavy (non-hydrogen) atoms. The Balaban J connectivity index is 2.24. The van der Waals surface area contributed by atoms with Crippen LogP contribution in [0, 0.1) is 5.82 Å². The molecule has 0 saturated carbocycles. The van der Waals surface area contributed by atoms with Crippen molar-refractivity contribution in [3.05, 3.63) is 23.0 Å². The molecule has 2 unspecified atom stereocenters. The summed E-state index contributed by atoms with van der Waals surface area (Å²) in [5.41, 5.74) is -0.142. The SMILES string of the molecule is COC(=O)N1CCS(=O)CC1C(=O)Nc1cc(OC(C)C)c(Cl)cc1F. The minimum absolute atomic E-state index is 0.0501. The van der Waals surface area contributed by atoms with Crippen LogP contribution in [0.15, 0.2) is 12.1 Å². The Labute approximate surface area is 158 Å². The monoisotopic (exact) mass is 406 g/mol. The Morgan fingerprint density at radius 3 is 2.73 bits per heavy atom. The van der Waals surface area contributed by atoms with E-state index in [2.05, 4.69) is 10.1 Å². The summed E-state index contributed by atoms with van der Waals surface area (Å²) in [6.07, 6.45) is -0.903. The molecule has 1 saturated heterocycles. The van der Waals surface area contributed by atoms with Crippen LogP contribution in [0.5, 0.6) is 5.75 Å². The number of amides is 2. The maximum absolute atomic E-state index is 14.2. The largest absolute Gasteiger partial charge is 0.489 e. The molecule has 1 N–H and O–H groups in total. The van der Waals surface area contributed by atoms with Crippen molar-refractivity contribution in [1.82, 2.24) is 4.90 Å². The van der Waals surface area contributed by atoms with Crippen LogP contribution in [0.2, 0.25) is 5.02 Å². The Morgan fingerprint density at radius 1 is 1.42 bits per heavy atom. The fraction of sp³-hybridized carbons (Fsp3) is 0.500. The van der Waals surface area contributed by atoms with E-state index in [1.807, 2.05) is 0 Å². The minimum Gasteiger partial charge on any atom is -0.489 e. The molecule has 1 aliphatic heterocycles. The summed E-state index contributed by atoms with van der Waals surface area (Å²) in [5.74, 6) is -0.997. The molecular weight excluding hydrogens is 387 g/mol. The van der Waals surface area contributed by atoms with E-state index < -0.39 is 34.7 Å². The molecule has 0 bridgehead atoms. The van der Waals surface area contributed by atoms with Crippen molar-refractivity contribution in [1.29, 1.82) is 0 Å². The maximum Gasteiger partial charge on any atom is 0.410 e. The summed E-state index contributed by atoms with van der Waals surface area (Å²) in [4.78, 5) is 25.6. The first-order valence-electron chi connectivity index (χ1n) is 7.89. The number of ether oxygens (including phenoxy) is 2. The summed E-state index contributed by atoms with van der Waals surface area (Å²) < 4.78 is 36.1. The molecule has 7 nitrogen and oxygen atoms in total. The highest BCUT2D eigenvalue weighted by atomic mass is 35.5. The second-order valence-corrected chi connectivity index (χ2v) is 7.94. The van der Waals surface area contributed by atoms with Crippen LogP contribution in [0.25, 0.3) is 0 Å². The van der Waals surface area contributed by atoms with Crippen LogP contribution in [0.1, 0.15) is 13.8 Å².